The first kappa shape index (κ1) is 9.75. The fourth-order valence-corrected chi connectivity index (χ4v) is 1.58. The molecule has 0 aromatic carbocycles. The van der Waals surface area contributed by atoms with Gasteiger partial charge >= 0.3 is 0 Å². The van der Waals surface area contributed by atoms with Crippen LogP contribution in [0.2, 0.25) is 0 Å². The fourth-order valence-electron chi connectivity index (χ4n) is 1.58. The zero-order valence-electron chi connectivity index (χ0n) is 7.87. The highest BCUT2D eigenvalue weighted by molar-refractivity contribution is 4.80. The Bertz CT molecular complexity index is 139. The van der Waals surface area contributed by atoms with Crippen molar-refractivity contribution in [2.45, 2.75) is 25.9 Å². The molecule has 0 spiro atoms. The van der Waals surface area contributed by atoms with E-state index in [4.69, 9.17) is 0 Å². The molecule has 0 aromatic rings. The quantitative estimate of drug-likeness (QED) is 0.643. The number of likely N-dealkylation sites (tertiary alicyclic amines) is 1. The SMILES string of the molecule is C=C[C@@H](C)CN1CCC(O)CC1. The van der Waals surface area contributed by atoms with Crippen molar-refractivity contribution >= 4 is 0 Å². The molecule has 1 rings (SSSR count). The molecule has 1 N–H and O–H groups in total. The second kappa shape index (κ2) is 4.63. The van der Waals surface area contributed by atoms with Crippen LogP contribution in [0.3, 0.4) is 0 Å². The maximum absolute atomic E-state index is 9.27. The first-order valence-corrected chi connectivity index (χ1v) is 4.75. The number of aliphatic hydroxyl groups excluding tert-OH is 1. The molecule has 0 unspecified atom stereocenters. The molecule has 0 aromatic heterocycles. The van der Waals surface area contributed by atoms with Crippen LogP contribution in [0.5, 0.6) is 0 Å². The van der Waals surface area contributed by atoms with E-state index in [0.717, 1.165) is 32.5 Å². The molecule has 1 aliphatic heterocycles. The monoisotopic (exact) mass is 169 g/mol. The highest BCUT2D eigenvalue weighted by Gasteiger charge is 2.17. The van der Waals surface area contributed by atoms with Gasteiger partial charge in [-0.3, -0.25) is 0 Å². The van der Waals surface area contributed by atoms with E-state index in [-0.39, 0.29) is 6.10 Å². The van der Waals surface area contributed by atoms with Crippen LogP contribution in [-0.4, -0.2) is 35.7 Å². The fraction of sp³-hybridized carbons (Fsp3) is 0.800. The average Bonchev–Trinajstić information content (AvgIpc) is 2.09. The van der Waals surface area contributed by atoms with Crippen molar-refractivity contribution < 1.29 is 5.11 Å². The van der Waals surface area contributed by atoms with E-state index in [1.165, 1.54) is 0 Å². The number of nitrogens with zero attached hydrogens (tertiary/aromatic N) is 1. The lowest BCUT2D eigenvalue weighted by atomic mass is 10.1. The Labute approximate surface area is 74.9 Å². The second-order valence-electron chi connectivity index (χ2n) is 3.74. The van der Waals surface area contributed by atoms with Crippen molar-refractivity contribution in [3.63, 3.8) is 0 Å². The third-order valence-corrected chi connectivity index (χ3v) is 2.51. The first-order valence-electron chi connectivity index (χ1n) is 4.75. The Morgan fingerprint density at radius 3 is 2.67 bits per heavy atom. The van der Waals surface area contributed by atoms with E-state index in [0.29, 0.717) is 5.92 Å². The van der Waals surface area contributed by atoms with Gasteiger partial charge in [-0.2, -0.15) is 0 Å². The van der Waals surface area contributed by atoms with Crippen LogP contribution in [0, 0.1) is 5.92 Å². The highest BCUT2D eigenvalue weighted by atomic mass is 16.3. The van der Waals surface area contributed by atoms with Crippen molar-refractivity contribution in [1.29, 1.82) is 0 Å². The minimum Gasteiger partial charge on any atom is -0.393 e. The van der Waals surface area contributed by atoms with Gasteiger partial charge in [0.15, 0.2) is 0 Å². The van der Waals surface area contributed by atoms with E-state index >= 15 is 0 Å². The van der Waals surface area contributed by atoms with Crippen molar-refractivity contribution in [3.05, 3.63) is 12.7 Å². The lowest BCUT2D eigenvalue weighted by Crippen LogP contribution is -2.37. The smallest absolute Gasteiger partial charge is 0.0564 e. The number of hydrogen-bond donors (Lipinski definition) is 1. The minimum atomic E-state index is -0.0553. The zero-order chi connectivity index (χ0) is 8.97. The molecule has 2 nitrogen and oxygen atoms in total. The Balaban J connectivity index is 2.21. The molecule has 1 fully saturated rings. The molecule has 70 valence electrons. The largest absolute Gasteiger partial charge is 0.393 e. The molecule has 1 saturated heterocycles. The molecular formula is C10H19NO. The van der Waals surface area contributed by atoms with E-state index in [2.05, 4.69) is 18.4 Å². The summed E-state index contributed by atoms with van der Waals surface area (Å²) in [6.45, 7) is 9.12. The van der Waals surface area contributed by atoms with Crippen LogP contribution in [0.1, 0.15) is 19.8 Å². The topological polar surface area (TPSA) is 23.5 Å². The summed E-state index contributed by atoms with van der Waals surface area (Å²) >= 11 is 0. The Kier molecular flexibility index (Phi) is 3.76. The van der Waals surface area contributed by atoms with Gasteiger partial charge in [-0.25, -0.2) is 0 Å². The highest BCUT2D eigenvalue weighted by Crippen LogP contribution is 2.11. The van der Waals surface area contributed by atoms with Crippen molar-refractivity contribution in [1.82, 2.24) is 4.90 Å². The second-order valence-corrected chi connectivity index (χ2v) is 3.74. The Hall–Kier alpha value is -0.340. The zero-order valence-corrected chi connectivity index (χ0v) is 7.87. The van der Waals surface area contributed by atoms with Crippen LogP contribution in [0.25, 0.3) is 0 Å². The molecule has 0 radical (unpaired) electrons. The molecule has 0 saturated carbocycles. The standard InChI is InChI=1S/C10H19NO/c1-3-9(2)8-11-6-4-10(12)5-7-11/h3,9-10,12H,1,4-8H2,2H3/t9-/m1/s1. The molecular weight excluding hydrogens is 150 g/mol. The van der Waals surface area contributed by atoms with Crippen LogP contribution < -0.4 is 0 Å². The average molecular weight is 169 g/mol. The summed E-state index contributed by atoms with van der Waals surface area (Å²) in [4.78, 5) is 2.40. The normalized spacial score (nSPS) is 23.8. The van der Waals surface area contributed by atoms with Crippen molar-refractivity contribution in [2.24, 2.45) is 5.92 Å². The summed E-state index contributed by atoms with van der Waals surface area (Å²) in [7, 11) is 0. The molecule has 0 aliphatic carbocycles. The summed E-state index contributed by atoms with van der Waals surface area (Å²) in [6.07, 6.45) is 3.80. The molecule has 2 heteroatoms. The molecule has 12 heavy (non-hydrogen) atoms. The number of hydrogen-bond acceptors (Lipinski definition) is 2. The van der Waals surface area contributed by atoms with Gasteiger partial charge in [-0.15, -0.1) is 6.58 Å². The summed E-state index contributed by atoms with van der Waals surface area (Å²) in [6, 6.07) is 0. The van der Waals surface area contributed by atoms with Gasteiger partial charge in [0.05, 0.1) is 6.10 Å². The van der Waals surface area contributed by atoms with Gasteiger partial charge in [0.1, 0.15) is 0 Å². The van der Waals surface area contributed by atoms with E-state index < -0.39 is 0 Å². The van der Waals surface area contributed by atoms with E-state index in [1.54, 1.807) is 0 Å². The summed E-state index contributed by atoms with van der Waals surface area (Å²) in [5.41, 5.74) is 0. The van der Waals surface area contributed by atoms with Gasteiger partial charge in [0.2, 0.25) is 0 Å². The van der Waals surface area contributed by atoms with Gasteiger partial charge in [0, 0.05) is 19.6 Å². The number of piperidine rings is 1. The minimum absolute atomic E-state index is 0.0553. The van der Waals surface area contributed by atoms with Crippen molar-refractivity contribution in [3.8, 4) is 0 Å². The van der Waals surface area contributed by atoms with Gasteiger partial charge in [-0.05, 0) is 18.8 Å². The Morgan fingerprint density at radius 1 is 1.58 bits per heavy atom. The maximum atomic E-state index is 9.27. The van der Waals surface area contributed by atoms with Crippen molar-refractivity contribution in [2.75, 3.05) is 19.6 Å². The lowest BCUT2D eigenvalue weighted by Gasteiger charge is -2.30. The lowest BCUT2D eigenvalue weighted by molar-refractivity contribution is 0.0788. The third kappa shape index (κ3) is 2.95. The first-order chi connectivity index (χ1) is 5.72. The van der Waals surface area contributed by atoms with E-state index in [1.807, 2.05) is 6.08 Å². The summed E-state index contributed by atoms with van der Waals surface area (Å²) in [5.74, 6) is 0.570. The van der Waals surface area contributed by atoms with Crippen LogP contribution in [0.15, 0.2) is 12.7 Å². The van der Waals surface area contributed by atoms with Crippen LogP contribution in [0.4, 0.5) is 0 Å². The molecule has 0 bridgehead atoms. The van der Waals surface area contributed by atoms with Gasteiger partial charge in [-0.1, -0.05) is 13.0 Å². The number of aliphatic hydroxyl groups is 1. The van der Waals surface area contributed by atoms with Crippen LogP contribution >= 0.6 is 0 Å². The summed E-state index contributed by atoms with van der Waals surface area (Å²) < 4.78 is 0. The van der Waals surface area contributed by atoms with E-state index in [9.17, 15) is 5.11 Å². The van der Waals surface area contributed by atoms with Gasteiger partial charge in [0.25, 0.3) is 0 Å². The molecule has 1 atom stereocenters. The predicted molar refractivity (Wildman–Crippen MR) is 51.0 cm³/mol. The molecule has 1 heterocycles. The molecule has 1 aliphatic rings. The predicted octanol–water partition coefficient (Wildman–Crippen LogP) is 1.27. The number of rotatable bonds is 3. The Morgan fingerprint density at radius 2 is 2.17 bits per heavy atom. The third-order valence-electron chi connectivity index (χ3n) is 2.51. The molecule has 0 amide bonds. The van der Waals surface area contributed by atoms with Gasteiger partial charge < -0.3 is 10.0 Å². The summed E-state index contributed by atoms with van der Waals surface area (Å²) in [5, 5.41) is 9.27. The maximum Gasteiger partial charge on any atom is 0.0564 e. The van der Waals surface area contributed by atoms with Crippen LogP contribution in [-0.2, 0) is 0 Å².